The third kappa shape index (κ3) is 5.75. The summed E-state index contributed by atoms with van der Waals surface area (Å²) >= 11 is 0. The first-order valence-corrected chi connectivity index (χ1v) is 10.4. The Morgan fingerprint density at radius 2 is 1.84 bits per heavy atom. The zero-order valence-corrected chi connectivity index (χ0v) is 15.0. The number of alkyl halides is 2. The predicted octanol–water partition coefficient (Wildman–Crippen LogP) is 1.02. The standard InChI is InChI=1S/C13H17OS.C2H2F2O5S/c1-15(11-7-3-2-4-8-11)13-10-6-5-9-12(13)14;3-2(4,1(5)6)10(7,8)9/h2-4,7-8,13H,5-6,9-10H2,1H3;(H,5,6)(H,7,8,9)/q+1;/p-1. The molecule has 10 heteroatoms. The minimum Gasteiger partial charge on any atom is -0.543 e. The lowest BCUT2D eigenvalue weighted by molar-refractivity contribution is -0.321. The highest BCUT2D eigenvalue weighted by atomic mass is 32.2. The molecule has 2 unspecified atom stereocenters. The number of carbonyl (C=O) groups excluding carboxylic acids is 2. The van der Waals surface area contributed by atoms with Gasteiger partial charge >= 0.3 is 15.4 Å². The molecular weight excluding hydrogens is 378 g/mol. The number of Topliss-reactive ketones (excluding diaryl/α,β-unsaturated/α-hetero) is 1. The van der Waals surface area contributed by atoms with Crippen molar-refractivity contribution in [3.8, 4) is 0 Å². The highest BCUT2D eigenvalue weighted by Gasteiger charge is 2.45. The molecule has 0 aliphatic heterocycles. The van der Waals surface area contributed by atoms with Gasteiger partial charge in [0.1, 0.15) is 12.2 Å². The van der Waals surface area contributed by atoms with Crippen molar-refractivity contribution >= 4 is 32.8 Å². The maximum atomic E-state index is 11.8. The van der Waals surface area contributed by atoms with E-state index in [1.165, 1.54) is 11.3 Å². The molecule has 2 atom stereocenters. The molecule has 1 N–H and O–H groups in total. The van der Waals surface area contributed by atoms with Crippen LogP contribution in [-0.2, 0) is 30.6 Å². The van der Waals surface area contributed by atoms with Gasteiger partial charge in [0.05, 0.1) is 0 Å². The summed E-state index contributed by atoms with van der Waals surface area (Å²) in [6.07, 6.45) is 6.42. The molecule has 1 saturated carbocycles. The van der Waals surface area contributed by atoms with Crippen LogP contribution in [0, 0.1) is 0 Å². The number of hydrogen-bond donors (Lipinski definition) is 1. The third-order valence-corrected chi connectivity index (χ3v) is 6.78. The molecule has 0 radical (unpaired) electrons. The van der Waals surface area contributed by atoms with Crippen LogP contribution >= 0.6 is 0 Å². The van der Waals surface area contributed by atoms with E-state index in [1.807, 2.05) is 6.07 Å². The minimum absolute atomic E-state index is 0.101. The molecule has 1 aliphatic rings. The first kappa shape index (κ1) is 21.5. The van der Waals surface area contributed by atoms with Crippen LogP contribution in [0.25, 0.3) is 0 Å². The Morgan fingerprint density at radius 3 is 2.24 bits per heavy atom. The second kappa shape index (κ2) is 8.72. The second-order valence-electron chi connectivity index (χ2n) is 5.35. The molecule has 0 bridgehead atoms. The first-order chi connectivity index (χ1) is 11.5. The van der Waals surface area contributed by atoms with Crippen molar-refractivity contribution in [2.75, 3.05) is 6.26 Å². The molecule has 0 aromatic heterocycles. The fourth-order valence-electron chi connectivity index (χ4n) is 2.23. The number of aliphatic carboxylic acids is 1. The first-order valence-electron chi connectivity index (χ1n) is 7.27. The summed E-state index contributed by atoms with van der Waals surface area (Å²) < 4.78 is 49.6. The normalized spacial score (nSPS) is 19.5. The molecular formula is C15H18F2O6S2. The van der Waals surface area contributed by atoms with Crippen LogP contribution < -0.4 is 5.11 Å². The van der Waals surface area contributed by atoms with Crippen molar-refractivity contribution in [2.45, 2.75) is 41.1 Å². The summed E-state index contributed by atoms with van der Waals surface area (Å²) in [6, 6.07) is 10.4. The van der Waals surface area contributed by atoms with Gasteiger partial charge in [0.2, 0.25) is 0 Å². The maximum absolute atomic E-state index is 11.8. The van der Waals surface area contributed by atoms with Crippen molar-refractivity contribution < 1.29 is 36.4 Å². The van der Waals surface area contributed by atoms with Crippen LogP contribution in [0.5, 0.6) is 0 Å². The number of benzene rings is 1. The molecule has 1 aromatic rings. The van der Waals surface area contributed by atoms with Gasteiger partial charge < -0.3 is 9.90 Å². The van der Waals surface area contributed by atoms with Crippen LogP contribution in [0.1, 0.15) is 25.7 Å². The van der Waals surface area contributed by atoms with E-state index in [4.69, 9.17) is 4.55 Å². The van der Waals surface area contributed by atoms with Crippen LogP contribution in [-0.4, -0.2) is 41.5 Å². The molecule has 140 valence electrons. The zero-order valence-electron chi connectivity index (χ0n) is 13.4. The lowest BCUT2D eigenvalue weighted by Gasteiger charge is -2.19. The van der Waals surface area contributed by atoms with Crippen LogP contribution in [0.4, 0.5) is 8.78 Å². The van der Waals surface area contributed by atoms with E-state index < -0.39 is 21.3 Å². The fraction of sp³-hybridized carbons (Fsp3) is 0.467. The van der Waals surface area contributed by atoms with E-state index in [-0.39, 0.29) is 10.9 Å². The van der Waals surface area contributed by atoms with E-state index in [0.717, 1.165) is 19.3 Å². The Kier molecular flexibility index (Phi) is 7.51. The molecule has 0 amide bonds. The lowest BCUT2D eigenvalue weighted by atomic mass is 9.99. The topological polar surface area (TPSA) is 112 Å². The van der Waals surface area contributed by atoms with Gasteiger partial charge in [-0.3, -0.25) is 9.35 Å². The van der Waals surface area contributed by atoms with E-state index in [1.54, 1.807) is 0 Å². The number of rotatable bonds is 4. The molecule has 0 spiro atoms. The van der Waals surface area contributed by atoms with Gasteiger partial charge in [-0.05, 0) is 25.0 Å². The Morgan fingerprint density at radius 1 is 1.28 bits per heavy atom. The van der Waals surface area contributed by atoms with Crippen LogP contribution in [0.15, 0.2) is 35.2 Å². The van der Waals surface area contributed by atoms with Crippen LogP contribution in [0.3, 0.4) is 0 Å². The Hall–Kier alpha value is -1.52. The average molecular weight is 396 g/mol. The molecule has 1 fully saturated rings. The number of hydrogen-bond acceptors (Lipinski definition) is 5. The molecule has 25 heavy (non-hydrogen) atoms. The number of carboxylic acid groups (broad SMARTS) is 1. The largest absolute Gasteiger partial charge is 0.543 e. The number of halogens is 2. The van der Waals surface area contributed by atoms with E-state index in [2.05, 4.69) is 30.5 Å². The van der Waals surface area contributed by atoms with E-state index in [0.29, 0.717) is 11.0 Å². The minimum atomic E-state index is -5.90. The average Bonchev–Trinajstić information content (AvgIpc) is 2.55. The van der Waals surface area contributed by atoms with Gasteiger partial charge in [-0.2, -0.15) is 17.2 Å². The smallest absolute Gasteiger partial charge is 0.408 e. The lowest BCUT2D eigenvalue weighted by Crippen LogP contribution is -2.46. The summed E-state index contributed by atoms with van der Waals surface area (Å²) in [7, 11) is -5.80. The zero-order chi connectivity index (χ0) is 19.3. The Balaban J connectivity index is 0.000000275. The van der Waals surface area contributed by atoms with Crippen molar-refractivity contribution in [2.24, 2.45) is 0 Å². The quantitative estimate of drug-likeness (QED) is 0.601. The predicted molar refractivity (Wildman–Crippen MR) is 86.8 cm³/mol. The van der Waals surface area contributed by atoms with Gasteiger partial charge in [0.25, 0.3) is 0 Å². The number of carboxylic acids is 1. The molecule has 0 heterocycles. The molecule has 1 aromatic carbocycles. The van der Waals surface area contributed by atoms with Crippen molar-refractivity contribution in [3.63, 3.8) is 0 Å². The summed E-state index contributed by atoms with van der Waals surface area (Å²) in [4.78, 5) is 22.4. The van der Waals surface area contributed by atoms with Crippen LogP contribution in [0.2, 0.25) is 0 Å². The molecule has 2 rings (SSSR count). The SMILES string of the molecule is C[S+](c1ccccc1)C1CCCCC1=O.O=C([O-])C(F)(F)S(=O)(=O)O. The summed E-state index contributed by atoms with van der Waals surface area (Å²) in [6.45, 7) is 0. The van der Waals surface area contributed by atoms with Crippen molar-refractivity contribution in [1.82, 2.24) is 0 Å². The van der Waals surface area contributed by atoms with Gasteiger partial charge in [-0.1, -0.05) is 18.2 Å². The van der Waals surface area contributed by atoms with Crippen molar-refractivity contribution in [1.29, 1.82) is 0 Å². The highest BCUT2D eigenvalue weighted by molar-refractivity contribution is 7.97. The number of carbonyl (C=O) groups is 2. The summed E-state index contributed by atoms with van der Waals surface area (Å²) in [5.74, 6) is -2.68. The highest BCUT2D eigenvalue weighted by Crippen LogP contribution is 2.26. The van der Waals surface area contributed by atoms with Crippen molar-refractivity contribution in [3.05, 3.63) is 30.3 Å². The number of ketones is 1. The second-order valence-corrected chi connectivity index (χ2v) is 8.97. The van der Waals surface area contributed by atoms with Gasteiger partial charge in [-0.25, -0.2) is 0 Å². The Bertz CT molecular complexity index is 706. The van der Waals surface area contributed by atoms with E-state index in [9.17, 15) is 31.9 Å². The summed E-state index contributed by atoms with van der Waals surface area (Å²) in [5.41, 5.74) is 0. The maximum Gasteiger partial charge on any atom is 0.408 e. The molecule has 6 nitrogen and oxygen atoms in total. The van der Waals surface area contributed by atoms with Gasteiger partial charge in [0.15, 0.2) is 15.9 Å². The van der Waals surface area contributed by atoms with Gasteiger partial charge in [0, 0.05) is 23.7 Å². The summed E-state index contributed by atoms with van der Waals surface area (Å²) in [5, 5.41) is 4.33. The van der Waals surface area contributed by atoms with Gasteiger partial charge in [-0.15, -0.1) is 0 Å². The monoisotopic (exact) mass is 396 g/mol. The third-order valence-electron chi connectivity index (χ3n) is 3.60. The van der Waals surface area contributed by atoms with E-state index >= 15 is 0 Å². The Labute approximate surface area is 147 Å². The molecule has 0 saturated heterocycles. The fourth-order valence-corrected chi connectivity index (χ4v) is 4.39. The molecule has 1 aliphatic carbocycles.